The molecular weight excluding hydrogens is 479 g/mol. The Balaban J connectivity index is 1.43. The molecule has 2 amide bonds. The van der Waals surface area contributed by atoms with E-state index < -0.39 is 23.2 Å². The second-order valence-corrected chi connectivity index (χ2v) is 9.58. The number of benzene rings is 2. The number of carbonyl (C=O) groups excluding carboxylic acids is 2. The van der Waals surface area contributed by atoms with E-state index in [1.807, 2.05) is 43.3 Å². The molecule has 1 saturated carbocycles. The first-order chi connectivity index (χ1) is 17.3. The van der Waals surface area contributed by atoms with Crippen LogP contribution in [-0.4, -0.2) is 26.7 Å². The van der Waals surface area contributed by atoms with Crippen molar-refractivity contribution in [1.29, 1.82) is 0 Å². The van der Waals surface area contributed by atoms with Crippen molar-refractivity contribution in [2.75, 3.05) is 10.6 Å². The van der Waals surface area contributed by atoms with Gasteiger partial charge in [0.1, 0.15) is 16.4 Å². The predicted molar refractivity (Wildman–Crippen MR) is 138 cm³/mol. The lowest BCUT2D eigenvalue weighted by Crippen LogP contribution is -2.39. The lowest BCUT2D eigenvalue weighted by Gasteiger charge is -2.20. The summed E-state index contributed by atoms with van der Waals surface area (Å²) < 4.78 is 19.3. The minimum absolute atomic E-state index is 0.0173. The van der Waals surface area contributed by atoms with Crippen LogP contribution in [0, 0.1) is 12.7 Å². The fourth-order valence-corrected chi connectivity index (χ4v) is 5.04. The molecule has 6 N–H and O–H groups in total. The van der Waals surface area contributed by atoms with Crippen molar-refractivity contribution in [2.24, 2.45) is 11.5 Å². The number of halogens is 1. The van der Waals surface area contributed by atoms with E-state index >= 15 is 4.39 Å². The third-order valence-corrected chi connectivity index (χ3v) is 7.14. The van der Waals surface area contributed by atoms with Gasteiger partial charge in [-0.05, 0) is 71.9 Å². The van der Waals surface area contributed by atoms with Crippen LogP contribution in [0.4, 0.5) is 20.8 Å². The van der Waals surface area contributed by atoms with Crippen molar-refractivity contribution in [3.8, 4) is 11.1 Å². The Hall–Kier alpha value is -4.31. The number of anilines is 3. The molecule has 2 atom stereocenters. The summed E-state index contributed by atoms with van der Waals surface area (Å²) in [5.41, 5.74) is 14.2. The quantitative estimate of drug-likeness (QED) is 0.283. The standard InChI is InChI=1S/C26H23FN6O2S/c1-14-10-23(36-33-14)31-21-12-22(20(27)11-18(21)24(28)34)32-26(25(29)35)13-19(26)17-4-2-15(3-5-17)16-6-8-30-9-7-16/h2-12,19,31-32H,13H2,1H3,(H2,28,34)(H2,29,35)/t19-,26?/m1/s1. The molecule has 0 radical (unpaired) electrons. The van der Waals surface area contributed by atoms with Crippen molar-refractivity contribution in [3.05, 3.63) is 89.6 Å². The maximum atomic E-state index is 15.1. The van der Waals surface area contributed by atoms with Crippen molar-refractivity contribution < 1.29 is 14.0 Å². The van der Waals surface area contributed by atoms with Gasteiger partial charge in [-0.1, -0.05) is 24.3 Å². The van der Waals surface area contributed by atoms with Crippen LogP contribution in [0.2, 0.25) is 0 Å². The summed E-state index contributed by atoms with van der Waals surface area (Å²) in [6.45, 7) is 1.84. The number of primary amides is 2. The van der Waals surface area contributed by atoms with Crippen LogP contribution in [-0.2, 0) is 4.79 Å². The molecule has 1 aliphatic rings. The Morgan fingerprint density at radius 2 is 1.72 bits per heavy atom. The highest BCUT2D eigenvalue weighted by molar-refractivity contribution is 7.10. The van der Waals surface area contributed by atoms with E-state index in [0.29, 0.717) is 17.1 Å². The van der Waals surface area contributed by atoms with Crippen LogP contribution >= 0.6 is 11.5 Å². The Bertz CT molecular complexity index is 1460. The average Bonchev–Trinajstić information content (AvgIpc) is 3.46. The molecule has 1 unspecified atom stereocenters. The second-order valence-electron chi connectivity index (χ2n) is 8.77. The van der Waals surface area contributed by atoms with Crippen LogP contribution in [0.5, 0.6) is 0 Å². The van der Waals surface area contributed by atoms with Crippen molar-refractivity contribution in [3.63, 3.8) is 0 Å². The molecule has 0 aliphatic heterocycles. The molecule has 1 fully saturated rings. The molecule has 1 aliphatic carbocycles. The van der Waals surface area contributed by atoms with E-state index in [1.165, 1.54) is 17.6 Å². The van der Waals surface area contributed by atoms with Gasteiger partial charge in [0.05, 0.1) is 22.6 Å². The summed E-state index contributed by atoms with van der Waals surface area (Å²) in [6.07, 6.45) is 3.86. The topological polar surface area (TPSA) is 136 Å². The third-order valence-electron chi connectivity index (χ3n) is 6.34. The zero-order chi connectivity index (χ0) is 25.4. The molecule has 0 bridgehead atoms. The Kier molecular flexibility index (Phi) is 5.89. The van der Waals surface area contributed by atoms with E-state index in [9.17, 15) is 9.59 Å². The molecule has 10 heteroatoms. The van der Waals surface area contributed by atoms with Gasteiger partial charge in [-0.3, -0.25) is 14.6 Å². The van der Waals surface area contributed by atoms with Gasteiger partial charge < -0.3 is 22.1 Å². The lowest BCUT2D eigenvalue weighted by molar-refractivity contribution is -0.119. The van der Waals surface area contributed by atoms with Crippen LogP contribution in [0.3, 0.4) is 0 Å². The summed E-state index contributed by atoms with van der Waals surface area (Å²) in [5, 5.41) is 6.76. The fourth-order valence-electron chi connectivity index (χ4n) is 4.36. The summed E-state index contributed by atoms with van der Waals surface area (Å²) in [5.74, 6) is -2.32. The van der Waals surface area contributed by atoms with E-state index in [0.717, 1.165) is 28.5 Å². The highest BCUT2D eigenvalue weighted by Gasteiger charge is 2.60. The fraction of sp³-hybridized carbons (Fsp3) is 0.154. The summed E-state index contributed by atoms with van der Waals surface area (Å²) >= 11 is 1.20. The highest BCUT2D eigenvalue weighted by atomic mass is 32.1. The molecular formula is C26H23FN6O2S. The van der Waals surface area contributed by atoms with Gasteiger partial charge in [-0.15, -0.1) is 0 Å². The van der Waals surface area contributed by atoms with Gasteiger partial charge in [0.2, 0.25) is 5.91 Å². The normalized spacial score (nSPS) is 18.4. The molecule has 2 aromatic carbocycles. The largest absolute Gasteiger partial charge is 0.368 e. The summed E-state index contributed by atoms with van der Waals surface area (Å²) in [6, 6.07) is 15.9. The maximum Gasteiger partial charge on any atom is 0.250 e. The monoisotopic (exact) mass is 502 g/mol. The number of pyridine rings is 1. The summed E-state index contributed by atoms with van der Waals surface area (Å²) in [4.78, 5) is 28.6. The number of nitrogens with zero attached hydrogens (tertiary/aromatic N) is 2. The Morgan fingerprint density at radius 3 is 2.33 bits per heavy atom. The number of hydrogen-bond donors (Lipinski definition) is 4. The summed E-state index contributed by atoms with van der Waals surface area (Å²) in [7, 11) is 0. The SMILES string of the molecule is Cc1cc(Nc2cc(NC3(C(N)=O)C[C@@H]3c3ccc(-c4ccncc4)cc3)c(F)cc2C(N)=O)sn1. The Labute approximate surface area is 210 Å². The third kappa shape index (κ3) is 4.38. The average molecular weight is 503 g/mol. The second kappa shape index (κ2) is 9.04. The molecule has 2 heterocycles. The first-order valence-corrected chi connectivity index (χ1v) is 12.0. The first-order valence-electron chi connectivity index (χ1n) is 11.2. The zero-order valence-electron chi connectivity index (χ0n) is 19.3. The molecule has 4 aromatic rings. The number of rotatable bonds is 8. The number of carbonyl (C=O) groups is 2. The van der Waals surface area contributed by atoms with Gasteiger partial charge in [0.25, 0.3) is 5.91 Å². The minimum atomic E-state index is -1.16. The van der Waals surface area contributed by atoms with Crippen LogP contribution in [0.15, 0.2) is 67.0 Å². The minimum Gasteiger partial charge on any atom is -0.368 e. The van der Waals surface area contributed by atoms with E-state index in [-0.39, 0.29) is 17.2 Å². The van der Waals surface area contributed by atoms with E-state index in [1.54, 1.807) is 18.5 Å². The molecule has 182 valence electrons. The van der Waals surface area contributed by atoms with Crippen molar-refractivity contribution >= 4 is 39.7 Å². The number of nitrogens with one attached hydrogen (secondary N) is 2. The van der Waals surface area contributed by atoms with Crippen LogP contribution in [0.25, 0.3) is 11.1 Å². The Morgan fingerprint density at radius 1 is 1.03 bits per heavy atom. The van der Waals surface area contributed by atoms with E-state index in [4.69, 9.17) is 11.5 Å². The van der Waals surface area contributed by atoms with Gasteiger partial charge in [-0.2, -0.15) is 4.37 Å². The number of aryl methyl sites for hydroxylation is 1. The molecule has 0 spiro atoms. The highest BCUT2D eigenvalue weighted by Crippen LogP contribution is 2.54. The zero-order valence-corrected chi connectivity index (χ0v) is 20.1. The van der Waals surface area contributed by atoms with Crippen LogP contribution in [0.1, 0.15) is 34.0 Å². The van der Waals surface area contributed by atoms with Crippen LogP contribution < -0.4 is 22.1 Å². The van der Waals surface area contributed by atoms with Gasteiger partial charge in [0.15, 0.2) is 0 Å². The number of hydrogen-bond acceptors (Lipinski definition) is 7. The molecule has 0 saturated heterocycles. The van der Waals surface area contributed by atoms with Gasteiger partial charge >= 0.3 is 0 Å². The predicted octanol–water partition coefficient (Wildman–Crippen LogP) is 4.32. The number of amides is 2. The molecule has 36 heavy (non-hydrogen) atoms. The van der Waals surface area contributed by atoms with Gasteiger partial charge in [0, 0.05) is 18.3 Å². The van der Waals surface area contributed by atoms with Crippen molar-refractivity contribution in [1.82, 2.24) is 9.36 Å². The number of nitrogens with two attached hydrogens (primary N) is 2. The van der Waals surface area contributed by atoms with Crippen molar-refractivity contribution in [2.45, 2.75) is 24.8 Å². The van der Waals surface area contributed by atoms with Gasteiger partial charge in [-0.25, -0.2) is 4.39 Å². The van der Waals surface area contributed by atoms with E-state index in [2.05, 4.69) is 20.0 Å². The lowest BCUT2D eigenvalue weighted by atomic mass is 10.0. The smallest absolute Gasteiger partial charge is 0.250 e. The molecule has 5 rings (SSSR count). The first kappa shape index (κ1) is 23.4. The molecule has 2 aromatic heterocycles. The number of aromatic nitrogens is 2. The molecule has 8 nitrogen and oxygen atoms in total. The maximum absolute atomic E-state index is 15.1.